The summed E-state index contributed by atoms with van der Waals surface area (Å²) < 4.78 is 0. The van der Waals surface area contributed by atoms with Gasteiger partial charge in [-0.05, 0) is 52.5 Å². The maximum atomic E-state index is 4.59. The molecule has 0 fully saturated rings. The Labute approximate surface area is 118 Å². The van der Waals surface area contributed by atoms with Crippen LogP contribution in [0.2, 0.25) is 0 Å². The van der Waals surface area contributed by atoms with Crippen molar-refractivity contribution < 1.29 is 0 Å². The van der Waals surface area contributed by atoms with Gasteiger partial charge < -0.3 is 10.2 Å². The fraction of sp³-hybridized carbons (Fsp3) is 0.688. The van der Waals surface area contributed by atoms with Crippen LogP contribution in [0.3, 0.4) is 0 Å². The maximum Gasteiger partial charge on any atom is 0.0420 e. The Hall–Kier alpha value is -0.930. The number of likely N-dealkylation sites (N-methyl/N-ethyl adjacent to an activating group) is 2. The molecule has 3 nitrogen and oxygen atoms in total. The average Bonchev–Trinajstić information content (AvgIpc) is 2.38. The number of rotatable bonds is 7. The lowest BCUT2D eigenvalue weighted by Crippen LogP contribution is -2.56. The molecule has 3 heteroatoms. The number of pyridine rings is 1. The van der Waals surface area contributed by atoms with Crippen LogP contribution in [0.25, 0.3) is 0 Å². The molecule has 0 aliphatic carbocycles. The average molecular weight is 263 g/mol. The molecule has 0 spiro atoms. The molecule has 0 amide bonds. The fourth-order valence-electron chi connectivity index (χ4n) is 2.12. The smallest absolute Gasteiger partial charge is 0.0420 e. The second kappa shape index (κ2) is 7.01. The van der Waals surface area contributed by atoms with Crippen LogP contribution in [-0.2, 0) is 12.8 Å². The summed E-state index contributed by atoms with van der Waals surface area (Å²) >= 11 is 0. The molecule has 0 radical (unpaired) electrons. The monoisotopic (exact) mass is 263 g/mol. The van der Waals surface area contributed by atoms with Gasteiger partial charge in [-0.1, -0.05) is 19.9 Å². The van der Waals surface area contributed by atoms with Gasteiger partial charge in [-0.25, -0.2) is 0 Å². The fourth-order valence-corrected chi connectivity index (χ4v) is 2.12. The molecular weight excluding hydrogens is 234 g/mol. The van der Waals surface area contributed by atoms with Gasteiger partial charge in [-0.2, -0.15) is 0 Å². The van der Waals surface area contributed by atoms with Crippen molar-refractivity contribution in [3.63, 3.8) is 0 Å². The first kappa shape index (κ1) is 16.1. The largest absolute Gasteiger partial charge is 0.312 e. The zero-order valence-electron chi connectivity index (χ0n) is 13.3. The van der Waals surface area contributed by atoms with Gasteiger partial charge in [0.2, 0.25) is 0 Å². The standard InChI is InChI=1S/C16H29N3/c1-7-13-9-10-14(18-12-13)11-15(17-8-2)16(3,4)19(5)6/h9-10,12,15,17H,7-8,11H2,1-6H3. The molecule has 1 rings (SSSR count). The minimum Gasteiger partial charge on any atom is -0.312 e. The first-order valence-corrected chi connectivity index (χ1v) is 7.26. The van der Waals surface area contributed by atoms with Crippen molar-refractivity contribution in [3.05, 3.63) is 29.6 Å². The lowest BCUT2D eigenvalue weighted by molar-refractivity contribution is 0.137. The van der Waals surface area contributed by atoms with E-state index in [-0.39, 0.29) is 5.54 Å². The molecule has 19 heavy (non-hydrogen) atoms. The van der Waals surface area contributed by atoms with Crippen LogP contribution in [-0.4, -0.2) is 42.1 Å². The lowest BCUT2D eigenvalue weighted by Gasteiger charge is -2.40. The van der Waals surface area contributed by atoms with E-state index < -0.39 is 0 Å². The van der Waals surface area contributed by atoms with Crippen LogP contribution in [0.4, 0.5) is 0 Å². The van der Waals surface area contributed by atoms with E-state index in [1.54, 1.807) is 0 Å². The second-order valence-corrected chi connectivity index (χ2v) is 5.87. The Kier molecular flexibility index (Phi) is 5.95. The molecule has 1 heterocycles. The van der Waals surface area contributed by atoms with Gasteiger partial charge in [-0.3, -0.25) is 4.98 Å². The lowest BCUT2D eigenvalue weighted by atomic mass is 9.89. The zero-order chi connectivity index (χ0) is 14.5. The van der Waals surface area contributed by atoms with E-state index in [1.807, 2.05) is 6.20 Å². The Morgan fingerprint density at radius 2 is 1.95 bits per heavy atom. The van der Waals surface area contributed by atoms with Crippen molar-refractivity contribution in [1.29, 1.82) is 0 Å². The predicted molar refractivity (Wildman–Crippen MR) is 82.5 cm³/mol. The van der Waals surface area contributed by atoms with Crippen molar-refractivity contribution in [2.75, 3.05) is 20.6 Å². The molecule has 0 aliphatic rings. The van der Waals surface area contributed by atoms with E-state index in [0.29, 0.717) is 6.04 Å². The predicted octanol–water partition coefficient (Wildman–Crippen LogP) is 2.50. The molecule has 1 unspecified atom stereocenters. The second-order valence-electron chi connectivity index (χ2n) is 5.87. The van der Waals surface area contributed by atoms with Crippen molar-refractivity contribution >= 4 is 0 Å². The van der Waals surface area contributed by atoms with Crippen molar-refractivity contribution in [1.82, 2.24) is 15.2 Å². The van der Waals surface area contributed by atoms with E-state index >= 15 is 0 Å². The van der Waals surface area contributed by atoms with Crippen LogP contribution < -0.4 is 5.32 Å². The van der Waals surface area contributed by atoms with Gasteiger partial charge in [0.15, 0.2) is 0 Å². The number of aryl methyl sites for hydroxylation is 1. The molecule has 1 aromatic rings. The van der Waals surface area contributed by atoms with Crippen molar-refractivity contribution in [2.45, 2.75) is 52.1 Å². The molecule has 1 aromatic heterocycles. The van der Waals surface area contributed by atoms with Gasteiger partial charge in [0.05, 0.1) is 0 Å². The van der Waals surface area contributed by atoms with Crippen LogP contribution >= 0.6 is 0 Å². The van der Waals surface area contributed by atoms with Crippen molar-refractivity contribution in [2.24, 2.45) is 0 Å². The molecule has 108 valence electrons. The summed E-state index contributed by atoms with van der Waals surface area (Å²) in [4.78, 5) is 6.86. The van der Waals surface area contributed by atoms with E-state index in [4.69, 9.17) is 0 Å². The first-order valence-electron chi connectivity index (χ1n) is 7.26. The number of aromatic nitrogens is 1. The van der Waals surface area contributed by atoms with Gasteiger partial charge in [0, 0.05) is 29.9 Å². The quantitative estimate of drug-likeness (QED) is 0.819. The summed E-state index contributed by atoms with van der Waals surface area (Å²) in [5.74, 6) is 0. The summed E-state index contributed by atoms with van der Waals surface area (Å²) in [6.07, 6.45) is 4.01. The third-order valence-electron chi connectivity index (χ3n) is 4.16. The molecule has 0 saturated heterocycles. The van der Waals surface area contributed by atoms with E-state index in [0.717, 1.165) is 25.1 Å². The molecular formula is C16H29N3. The highest BCUT2D eigenvalue weighted by Gasteiger charge is 2.31. The first-order chi connectivity index (χ1) is 8.91. The topological polar surface area (TPSA) is 28.2 Å². The Bertz CT molecular complexity index is 368. The van der Waals surface area contributed by atoms with E-state index in [9.17, 15) is 0 Å². The molecule has 0 aromatic carbocycles. The summed E-state index contributed by atoms with van der Waals surface area (Å²) in [5.41, 5.74) is 2.56. The third-order valence-corrected chi connectivity index (χ3v) is 4.16. The maximum absolute atomic E-state index is 4.59. The zero-order valence-corrected chi connectivity index (χ0v) is 13.3. The summed E-state index contributed by atoms with van der Waals surface area (Å²) in [5, 5.41) is 3.60. The highest BCUT2D eigenvalue weighted by molar-refractivity contribution is 5.15. The molecule has 0 bridgehead atoms. The van der Waals surface area contributed by atoms with Crippen molar-refractivity contribution in [3.8, 4) is 0 Å². The minimum absolute atomic E-state index is 0.0983. The van der Waals surface area contributed by atoms with E-state index in [1.165, 1.54) is 5.56 Å². The van der Waals surface area contributed by atoms with Gasteiger partial charge >= 0.3 is 0 Å². The Morgan fingerprint density at radius 3 is 2.37 bits per heavy atom. The SMILES string of the molecule is CCNC(Cc1ccc(CC)cn1)C(C)(C)N(C)C. The van der Waals surface area contributed by atoms with Gasteiger partial charge in [0.25, 0.3) is 0 Å². The highest BCUT2D eigenvalue weighted by Crippen LogP contribution is 2.19. The minimum atomic E-state index is 0.0983. The molecule has 1 N–H and O–H groups in total. The van der Waals surface area contributed by atoms with Crippen LogP contribution in [0.5, 0.6) is 0 Å². The molecule has 1 atom stereocenters. The van der Waals surface area contributed by atoms with Crippen LogP contribution in [0, 0.1) is 0 Å². The van der Waals surface area contributed by atoms with Gasteiger partial charge in [0.1, 0.15) is 0 Å². The van der Waals surface area contributed by atoms with Crippen LogP contribution in [0.1, 0.15) is 39.0 Å². The van der Waals surface area contributed by atoms with Gasteiger partial charge in [-0.15, -0.1) is 0 Å². The summed E-state index contributed by atoms with van der Waals surface area (Å²) in [6.45, 7) is 9.86. The molecule has 0 saturated carbocycles. The Balaban J connectivity index is 2.82. The van der Waals surface area contributed by atoms with E-state index in [2.05, 4.69) is 69.1 Å². The number of nitrogens with zero attached hydrogens (tertiary/aromatic N) is 2. The summed E-state index contributed by atoms with van der Waals surface area (Å²) in [6, 6.07) is 4.75. The molecule has 0 aliphatic heterocycles. The van der Waals surface area contributed by atoms with Crippen LogP contribution in [0.15, 0.2) is 18.3 Å². The normalized spacial score (nSPS) is 13.8. The third kappa shape index (κ3) is 4.29. The highest BCUT2D eigenvalue weighted by atomic mass is 15.2. The number of nitrogens with one attached hydrogen (secondary N) is 1. The number of hydrogen-bond donors (Lipinski definition) is 1. The number of hydrogen-bond acceptors (Lipinski definition) is 3. The Morgan fingerprint density at radius 1 is 1.26 bits per heavy atom. The summed E-state index contributed by atoms with van der Waals surface area (Å²) in [7, 11) is 4.27.